The average Bonchev–Trinajstić information content (AvgIpc) is 2.97. The Labute approximate surface area is 119 Å². The summed E-state index contributed by atoms with van der Waals surface area (Å²) < 4.78 is 15.4. The second-order valence-electron chi connectivity index (χ2n) is 4.42. The number of nitro benzene ring substituents is 1. The zero-order valence-corrected chi connectivity index (χ0v) is 10.8. The van der Waals surface area contributed by atoms with Crippen molar-refractivity contribution in [2.45, 2.75) is 0 Å². The summed E-state index contributed by atoms with van der Waals surface area (Å²) in [7, 11) is 0. The molecule has 5 nitrogen and oxygen atoms in total. The number of non-ortho nitro benzene ring substituents is 1. The molecular formula is C15H10FN3O2. The average molecular weight is 283 g/mol. The first-order valence-electron chi connectivity index (χ1n) is 6.19. The maximum Gasteiger partial charge on any atom is 0.269 e. The highest BCUT2D eigenvalue weighted by atomic mass is 19.1. The molecule has 1 aromatic heterocycles. The molecule has 0 saturated heterocycles. The van der Waals surface area contributed by atoms with Crippen molar-refractivity contribution in [3.8, 4) is 16.9 Å². The number of benzene rings is 2. The first-order chi connectivity index (χ1) is 10.1. The lowest BCUT2D eigenvalue weighted by molar-refractivity contribution is -0.384. The van der Waals surface area contributed by atoms with E-state index in [4.69, 9.17) is 0 Å². The number of hydrogen-bond donors (Lipinski definition) is 0. The van der Waals surface area contributed by atoms with Crippen molar-refractivity contribution in [3.63, 3.8) is 0 Å². The molecule has 0 aliphatic heterocycles. The molecule has 0 unspecified atom stereocenters. The van der Waals surface area contributed by atoms with Crippen molar-refractivity contribution >= 4 is 5.69 Å². The van der Waals surface area contributed by atoms with Crippen LogP contribution in [0.25, 0.3) is 16.9 Å². The molecule has 3 aromatic rings. The molecule has 6 heteroatoms. The summed E-state index contributed by atoms with van der Waals surface area (Å²) in [6, 6.07) is 12.4. The summed E-state index contributed by atoms with van der Waals surface area (Å²) in [5, 5.41) is 10.6. The molecular weight excluding hydrogens is 273 g/mol. The van der Waals surface area contributed by atoms with Gasteiger partial charge in [-0.25, -0.2) is 9.37 Å². The Hall–Kier alpha value is -3.02. The van der Waals surface area contributed by atoms with Gasteiger partial charge in [0.2, 0.25) is 0 Å². The standard InChI is InChI=1S/C15H10FN3O2/c16-14-4-2-1-3-13(14)15-9-18(10-17-15)11-5-7-12(8-6-11)19(20)21/h1-10H. The summed E-state index contributed by atoms with van der Waals surface area (Å²) in [5.74, 6) is -0.341. The minimum absolute atomic E-state index is 0.0215. The summed E-state index contributed by atoms with van der Waals surface area (Å²) in [6.07, 6.45) is 3.22. The fourth-order valence-electron chi connectivity index (χ4n) is 2.02. The van der Waals surface area contributed by atoms with Gasteiger partial charge in [-0.05, 0) is 24.3 Å². The van der Waals surface area contributed by atoms with Crippen molar-refractivity contribution in [2.75, 3.05) is 0 Å². The molecule has 0 amide bonds. The molecule has 21 heavy (non-hydrogen) atoms. The van der Waals surface area contributed by atoms with Crippen LogP contribution in [0.2, 0.25) is 0 Å². The molecule has 0 fully saturated rings. The number of imidazole rings is 1. The predicted octanol–water partition coefficient (Wildman–Crippen LogP) is 3.59. The minimum atomic E-state index is -0.456. The topological polar surface area (TPSA) is 61.0 Å². The lowest BCUT2D eigenvalue weighted by Crippen LogP contribution is -1.92. The van der Waals surface area contributed by atoms with Gasteiger partial charge in [0.05, 0.1) is 16.9 Å². The Balaban J connectivity index is 1.95. The summed E-state index contributed by atoms with van der Waals surface area (Å²) in [4.78, 5) is 14.3. The highest BCUT2D eigenvalue weighted by molar-refractivity contribution is 5.59. The van der Waals surface area contributed by atoms with E-state index in [2.05, 4.69) is 4.98 Å². The van der Waals surface area contributed by atoms with E-state index in [1.165, 1.54) is 18.2 Å². The van der Waals surface area contributed by atoms with E-state index in [-0.39, 0.29) is 11.5 Å². The molecule has 0 aliphatic rings. The second-order valence-corrected chi connectivity index (χ2v) is 4.42. The van der Waals surface area contributed by atoms with Crippen molar-refractivity contribution in [1.29, 1.82) is 0 Å². The molecule has 2 aromatic carbocycles. The summed E-state index contributed by atoms with van der Waals surface area (Å²) in [6.45, 7) is 0. The van der Waals surface area contributed by atoms with Gasteiger partial charge in [-0.2, -0.15) is 0 Å². The maximum absolute atomic E-state index is 13.7. The van der Waals surface area contributed by atoms with E-state index >= 15 is 0 Å². The van der Waals surface area contributed by atoms with Gasteiger partial charge in [-0.3, -0.25) is 10.1 Å². The number of aromatic nitrogens is 2. The van der Waals surface area contributed by atoms with Crippen LogP contribution in [0, 0.1) is 15.9 Å². The van der Waals surface area contributed by atoms with Gasteiger partial charge in [0, 0.05) is 29.6 Å². The van der Waals surface area contributed by atoms with Gasteiger partial charge in [0.1, 0.15) is 5.82 Å². The van der Waals surface area contributed by atoms with Crippen LogP contribution in [-0.2, 0) is 0 Å². The summed E-state index contributed by atoms with van der Waals surface area (Å²) >= 11 is 0. The van der Waals surface area contributed by atoms with Crippen LogP contribution in [0.5, 0.6) is 0 Å². The van der Waals surface area contributed by atoms with Gasteiger partial charge in [0.25, 0.3) is 5.69 Å². The molecule has 0 saturated carbocycles. The van der Waals surface area contributed by atoms with Crippen molar-refractivity contribution in [3.05, 3.63) is 77.0 Å². The molecule has 0 bridgehead atoms. The molecule has 3 rings (SSSR count). The normalized spacial score (nSPS) is 10.5. The smallest absolute Gasteiger partial charge is 0.269 e. The van der Waals surface area contributed by atoms with Crippen LogP contribution in [0.3, 0.4) is 0 Å². The SMILES string of the molecule is O=[N+]([O-])c1ccc(-n2cnc(-c3ccccc3F)c2)cc1. The minimum Gasteiger partial charge on any atom is -0.306 e. The molecule has 0 spiro atoms. The fourth-order valence-corrected chi connectivity index (χ4v) is 2.02. The zero-order valence-electron chi connectivity index (χ0n) is 10.8. The van der Waals surface area contributed by atoms with Gasteiger partial charge >= 0.3 is 0 Å². The van der Waals surface area contributed by atoms with Crippen LogP contribution in [0.15, 0.2) is 61.1 Å². The lowest BCUT2D eigenvalue weighted by Gasteiger charge is -2.01. The third-order valence-corrected chi connectivity index (χ3v) is 3.09. The first kappa shape index (κ1) is 13.0. The van der Waals surface area contributed by atoms with Crippen LogP contribution in [-0.4, -0.2) is 14.5 Å². The highest BCUT2D eigenvalue weighted by Crippen LogP contribution is 2.22. The molecule has 0 atom stereocenters. The molecule has 1 heterocycles. The van der Waals surface area contributed by atoms with Crippen LogP contribution in [0.1, 0.15) is 0 Å². The van der Waals surface area contributed by atoms with Crippen LogP contribution < -0.4 is 0 Å². The van der Waals surface area contributed by atoms with Gasteiger partial charge in [-0.15, -0.1) is 0 Å². The monoisotopic (exact) mass is 283 g/mol. The van der Waals surface area contributed by atoms with E-state index in [1.807, 2.05) is 0 Å². The third-order valence-electron chi connectivity index (χ3n) is 3.09. The molecule has 104 valence electrons. The van der Waals surface area contributed by atoms with Gasteiger partial charge < -0.3 is 4.57 Å². The van der Waals surface area contributed by atoms with E-state index in [1.54, 1.807) is 47.4 Å². The number of halogens is 1. The van der Waals surface area contributed by atoms with E-state index in [0.29, 0.717) is 11.3 Å². The molecule has 0 radical (unpaired) electrons. The second kappa shape index (κ2) is 5.16. The number of rotatable bonds is 3. The van der Waals surface area contributed by atoms with Crippen molar-refractivity contribution < 1.29 is 9.31 Å². The Kier molecular flexibility index (Phi) is 3.19. The van der Waals surface area contributed by atoms with E-state index in [0.717, 1.165) is 5.69 Å². The van der Waals surface area contributed by atoms with E-state index < -0.39 is 4.92 Å². The number of nitrogens with zero attached hydrogens (tertiary/aromatic N) is 3. The quantitative estimate of drug-likeness (QED) is 0.545. The Morgan fingerprint density at radius 1 is 1.10 bits per heavy atom. The number of hydrogen-bond acceptors (Lipinski definition) is 3. The third kappa shape index (κ3) is 2.51. The zero-order chi connectivity index (χ0) is 14.8. The Bertz CT molecular complexity index is 797. The summed E-state index contributed by atoms with van der Waals surface area (Å²) in [5.41, 5.74) is 1.66. The van der Waals surface area contributed by atoms with Gasteiger partial charge in [-0.1, -0.05) is 12.1 Å². The van der Waals surface area contributed by atoms with Gasteiger partial charge in [0.15, 0.2) is 0 Å². The maximum atomic E-state index is 13.7. The molecule has 0 aliphatic carbocycles. The van der Waals surface area contributed by atoms with Crippen LogP contribution in [0.4, 0.5) is 10.1 Å². The largest absolute Gasteiger partial charge is 0.306 e. The van der Waals surface area contributed by atoms with Crippen LogP contribution >= 0.6 is 0 Å². The molecule has 0 N–H and O–H groups in total. The fraction of sp³-hybridized carbons (Fsp3) is 0. The first-order valence-corrected chi connectivity index (χ1v) is 6.19. The number of nitro groups is 1. The Morgan fingerprint density at radius 3 is 2.48 bits per heavy atom. The lowest BCUT2D eigenvalue weighted by atomic mass is 10.1. The highest BCUT2D eigenvalue weighted by Gasteiger charge is 2.09. The predicted molar refractivity (Wildman–Crippen MR) is 75.6 cm³/mol. The van der Waals surface area contributed by atoms with E-state index in [9.17, 15) is 14.5 Å². The van der Waals surface area contributed by atoms with Crippen molar-refractivity contribution in [1.82, 2.24) is 9.55 Å². The Morgan fingerprint density at radius 2 is 1.81 bits per heavy atom. The van der Waals surface area contributed by atoms with Crippen molar-refractivity contribution in [2.24, 2.45) is 0 Å².